The molecule has 0 spiro atoms. The maximum atomic E-state index is 13.6. The topological polar surface area (TPSA) is 29.1 Å². The molecular weight excluding hydrogens is 321 g/mol. The van der Waals surface area contributed by atoms with E-state index in [0.717, 1.165) is 16.8 Å². The number of hydrogen-bond acceptors (Lipinski definition) is 2. The molecule has 0 unspecified atom stereocenters. The molecule has 0 bridgehead atoms. The van der Waals surface area contributed by atoms with Crippen LogP contribution in [-0.4, -0.2) is 11.7 Å². The highest BCUT2D eigenvalue weighted by Gasteiger charge is 2.09. The van der Waals surface area contributed by atoms with Crippen LogP contribution in [0.3, 0.4) is 0 Å². The second-order valence-electron chi connectivity index (χ2n) is 5.12. The first kappa shape index (κ1) is 16.8. The normalized spacial score (nSPS) is 10.5. The standard InChI is InChI=1S/C17H17ClFNOS/c1-11-6-12(2)8-13(7-11)20-17(21)10-22-9-14-15(18)4-3-5-16(14)19/h3-8H,9-10H2,1-2H3,(H,20,21). The summed E-state index contributed by atoms with van der Waals surface area (Å²) < 4.78 is 13.6. The molecule has 2 rings (SSSR count). The van der Waals surface area contributed by atoms with Gasteiger partial charge in [0.05, 0.1) is 5.75 Å². The summed E-state index contributed by atoms with van der Waals surface area (Å²) in [6, 6.07) is 10.5. The van der Waals surface area contributed by atoms with Crippen molar-refractivity contribution in [1.29, 1.82) is 0 Å². The van der Waals surface area contributed by atoms with Crippen LogP contribution in [0.15, 0.2) is 36.4 Å². The van der Waals surface area contributed by atoms with Gasteiger partial charge in [0.25, 0.3) is 0 Å². The molecule has 0 aromatic heterocycles. The molecule has 0 heterocycles. The van der Waals surface area contributed by atoms with Crippen LogP contribution in [0.5, 0.6) is 0 Å². The van der Waals surface area contributed by atoms with E-state index in [0.29, 0.717) is 16.3 Å². The van der Waals surface area contributed by atoms with Crippen molar-refractivity contribution in [2.45, 2.75) is 19.6 Å². The summed E-state index contributed by atoms with van der Waals surface area (Å²) >= 11 is 7.29. The van der Waals surface area contributed by atoms with Crippen molar-refractivity contribution in [3.63, 3.8) is 0 Å². The Morgan fingerprint density at radius 2 is 1.91 bits per heavy atom. The average Bonchev–Trinajstić information content (AvgIpc) is 2.41. The lowest BCUT2D eigenvalue weighted by atomic mass is 10.1. The highest BCUT2D eigenvalue weighted by molar-refractivity contribution is 7.99. The second-order valence-corrected chi connectivity index (χ2v) is 6.51. The number of hydrogen-bond donors (Lipinski definition) is 1. The minimum Gasteiger partial charge on any atom is -0.325 e. The van der Waals surface area contributed by atoms with E-state index in [2.05, 4.69) is 5.32 Å². The Labute approximate surface area is 139 Å². The minimum atomic E-state index is -0.338. The van der Waals surface area contributed by atoms with Crippen LogP contribution in [0, 0.1) is 19.7 Å². The highest BCUT2D eigenvalue weighted by Crippen LogP contribution is 2.24. The summed E-state index contributed by atoms with van der Waals surface area (Å²) in [6.07, 6.45) is 0. The van der Waals surface area contributed by atoms with E-state index < -0.39 is 0 Å². The predicted molar refractivity (Wildman–Crippen MR) is 92.1 cm³/mol. The molecule has 0 radical (unpaired) electrons. The van der Waals surface area contributed by atoms with Crippen molar-refractivity contribution < 1.29 is 9.18 Å². The zero-order valence-electron chi connectivity index (χ0n) is 12.5. The molecule has 2 aromatic rings. The number of aryl methyl sites for hydroxylation is 2. The first-order valence-electron chi connectivity index (χ1n) is 6.84. The molecule has 0 atom stereocenters. The van der Waals surface area contributed by atoms with Crippen LogP contribution in [0.2, 0.25) is 5.02 Å². The lowest BCUT2D eigenvalue weighted by Crippen LogP contribution is -2.14. The van der Waals surface area contributed by atoms with Gasteiger partial charge in [-0.15, -0.1) is 11.8 Å². The fourth-order valence-corrected chi connectivity index (χ4v) is 3.33. The fraction of sp³-hybridized carbons (Fsp3) is 0.235. The Kier molecular flexibility index (Phi) is 5.86. The largest absolute Gasteiger partial charge is 0.325 e. The Hall–Kier alpha value is -1.52. The number of nitrogens with one attached hydrogen (secondary N) is 1. The summed E-state index contributed by atoms with van der Waals surface area (Å²) in [5.41, 5.74) is 3.42. The van der Waals surface area contributed by atoms with Crippen LogP contribution >= 0.6 is 23.4 Å². The van der Waals surface area contributed by atoms with Gasteiger partial charge in [0.15, 0.2) is 0 Å². The smallest absolute Gasteiger partial charge is 0.234 e. The molecule has 0 saturated carbocycles. The van der Waals surface area contributed by atoms with E-state index >= 15 is 0 Å². The summed E-state index contributed by atoms with van der Waals surface area (Å²) in [7, 11) is 0. The van der Waals surface area contributed by atoms with Crippen molar-refractivity contribution in [3.05, 3.63) is 63.9 Å². The Bertz CT molecular complexity index is 650. The van der Waals surface area contributed by atoms with Gasteiger partial charge in [-0.1, -0.05) is 23.7 Å². The van der Waals surface area contributed by atoms with Crippen molar-refractivity contribution in [2.24, 2.45) is 0 Å². The molecule has 1 amide bonds. The van der Waals surface area contributed by atoms with Gasteiger partial charge in [0, 0.05) is 22.0 Å². The van der Waals surface area contributed by atoms with Gasteiger partial charge >= 0.3 is 0 Å². The van der Waals surface area contributed by atoms with Crippen molar-refractivity contribution in [1.82, 2.24) is 0 Å². The van der Waals surface area contributed by atoms with E-state index in [9.17, 15) is 9.18 Å². The molecule has 2 aromatic carbocycles. The molecule has 22 heavy (non-hydrogen) atoms. The molecule has 0 saturated heterocycles. The molecular formula is C17H17ClFNOS. The van der Waals surface area contributed by atoms with E-state index in [4.69, 9.17) is 11.6 Å². The number of thioether (sulfide) groups is 1. The van der Waals surface area contributed by atoms with Gasteiger partial charge in [0.2, 0.25) is 5.91 Å². The summed E-state index contributed by atoms with van der Waals surface area (Å²) in [4.78, 5) is 11.9. The molecule has 0 aliphatic heterocycles. The Morgan fingerprint density at radius 3 is 2.55 bits per heavy atom. The number of rotatable bonds is 5. The van der Waals surface area contributed by atoms with E-state index in [1.165, 1.54) is 17.8 Å². The van der Waals surface area contributed by atoms with Gasteiger partial charge in [-0.05, 0) is 49.2 Å². The van der Waals surface area contributed by atoms with E-state index in [-0.39, 0.29) is 17.5 Å². The number of halogens is 2. The maximum Gasteiger partial charge on any atom is 0.234 e. The van der Waals surface area contributed by atoms with Gasteiger partial charge < -0.3 is 5.32 Å². The highest BCUT2D eigenvalue weighted by atomic mass is 35.5. The molecule has 2 nitrogen and oxygen atoms in total. The van der Waals surface area contributed by atoms with Crippen molar-refractivity contribution in [3.8, 4) is 0 Å². The molecule has 1 N–H and O–H groups in total. The third-order valence-electron chi connectivity index (χ3n) is 3.05. The monoisotopic (exact) mass is 337 g/mol. The molecule has 0 fully saturated rings. The van der Waals surface area contributed by atoms with Gasteiger partial charge in [-0.25, -0.2) is 4.39 Å². The third kappa shape index (κ3) is 4.75. The third-order valence-corrected chi connectivity index (χ3v) is 4.36. The first-order valence-corrected chi connectivity index (χ1v) is 8.38. The SMILES string of the molecule is Cc1cc(C)cc(NC(=O)CSCc2c(F)cccc2Cl)c1. The number of carbonyl (C=O) groups is 1. The molecule has 5 heteroatoms. The number of amides is 1. The quantitative estimate of drug-likeness (QED) is 0.834. The Balaban J connectivity index is 1.88. The van der Waals surface area contributed by atoms with Gasteiger partial charge in [0.1, 0.15) is 5.82 Å². The number of carbonyl (C=O) groups excluding carboxylic acids is 1. The predicted octanol–water partition coefficient (Wildman–Crippen LogP) is 4.97. The lowest BCUT2D eigenvalue weighted by molar-refractivity contribution is -0.113. The van der Waals surface area contributed by atoms with Crippen LogP contribution in [0.25, 0.3) is 0 Å². The molecule has 116 valence electrons. The first-order chi connectivity index (χ1) is 10.5. The van der Waals surface area contributed by atoms with Crippen molar-refractivity contribution in [2.75, 3.05) is 11.1 Å². The van der Waals surface area contributed by atoms with Crippen LogP contribution in [0.1, 0.15) is 16.7 Å². The second kappa shape index (κ2) is 7.65. The number of anilines is 1. The van der Waals surface area contributed by atoms with E-state index in [1.54, 1.807) is 12.1 Å². The van der Waals surface area contributed by atoms with Crippen LogP contribution in [-0.2, 0) is 10.5 Å². The van der Waals surface area contributed by atoms with Gasteiger partial charge in [-0.3, -0.25) is 4.79 Å². The average molecular weight is 338 g/mol. The zero-order valence-corrected chi connectivity index (χ0v) is 14.0. The Morgan fingerprint density at radius 1 is 1.23 bits per heavy atom. The summed E-state index contributed by atoms with van der Waals surface area (Å²) in [6.45, 7) is 3.97. The zero-order chi connectivity index (χ0) is 16.1. The summed E-state index contributed by atoms with van der Waals surface area (Å²) in [5, 5.41) is 3.24. The summed E-state index contributed by atoms with van der Waals surface area (Å²) in [5.74, 6) is 0.167. The van der Waals surface area contributed by atoms with Crippen molar-refractivity contribution >= 4 is 35.0 Å². The number of benzene rings is 2. The fourth-order valence-electron chi connectivity index (χ4n) is 2.16. The molecule has 0 aliphatic rings. The van der Waals surface area contributed by atoms with Crippen LogP contribution < -0.4 is 5.32 Å². The van der Waals surface area contributed by atoms with Crippen LogP contribution in [0.4, 0.5) is 10.1 Å². The molecule has 0 aliphatic carbocycles. The minimum absolute atomic E-state index is 0.109. The lowest BCUT2D eigenvalue weighted by Gasteiger charge is -2.08. The maximum absolute atomic E-state index is 13.6. The van der Waals surface area contributed by atoms with Gasteiger partial charge in [-0.2, -0.15) is 0 Å². The van der Waals surface area contributed by atoms with E-state index in [1.807, 2.05) is 32.0 Å².